The topological polar surface area (TPSA) is 49.5 Å². The lowest BCUT2D eigenvalue weighted by atomic mass is 10.1. The van der Waals surface area contributed by atoms with Crippen molar-refractivity contribution in [2.75, 3.05) is 18.1 Å². The largest absolute Gasteiger partial charge is 0.396 e. The van der Waals surface area contributed by atoms with Crippen molar-refractivity contribution in [1.29, 1.82) is 0 Å². The van der Waals surface area contributed by atoms with Gasteiger partial charge in [-0.05, 0) is 53.4 Å². The van der Waals surface area contributed by atoms with Crippen molar-refractivity contribution in [3.05, 3.63) is 28.2 Å². The molecule has 98 valence electrons. The molecule has 1 aliphatic rings. The maximum atomic E-state index is 9.11. The lowest BCUT2D eigenvalue weighted by Gasteiger charge is -2.27. The molecule has 3 nitrogen and oxygen atoms in total. The van der Waals surface area contributed by atoms with E-state index in [1.807, 2.05) is 18.2 Å². The fourth-order valence-electron chi connectivity index (χ4n) is 2.50. The molecule has 1 aliphatic heterocycles. The molecule has 5 heteroatoms. The average molecular weight is 329 g/mol. The van der Waals surface area contributed by atoms with Crippen LogP contribution in [-0.2, 0) is 0 Å². The van der Waals surface area contributed by atoms with Crippen molar-refractivity contribution in [3.8, 4) is 0 Å². The van der Waals surface area contributed by atoms with Crippen molar-refractivity contribution in [2.24, 2.45) is 5.73 Å². The quantitative estimate of drug-likeness (QED) is 0.833. The van der Waals surface area contributed by atoms with Crippen molar-refractivity contribution in [2.45, 2.75) is 25.3 Å². The van der Waals surface area contributed by atoms with E-state index in [4.69, 9.17) is 23.1 Å². The fraction of sp³-hybridized carbons (Fsp3) is 0.462. The molecule has 0 radical (unpaired) electrons. The Hall–Kier alpha value is -0.650. The summed E-state index contributed by atoms with van der Waals surface area (Å²) in [7, 11) is 0. The molecule has 1 saturated heterocycles. The number of aliphatic hydroxyl groups is 1. The standard InChI is InChI=1S/C13H17BrN2OS/c14-11-8-9(13(15)18)3-4-12(11)16-6-1-2-10(16)5-7-17/h3-4,8,10,17H,1-2,5-7H2,(H2,15,18). The molecule has 3 N–H and O–H groups in total. The number of rotatable bonds is 4. The van der Waals surface area contributed by atoms with Gasteiger partial charge in [-0.3, -0.25) is 0 Å². The van der Waals surface area contributed by atoms with Crippen LogP contribution in [0.3, 0.4) is 0 Å². The van der Waals surface area contributed by atoms with E-state index >= 15 is 0 Å². The van der Waals surface area contributed by atoms with E-state index in [0.29, 0.717) is 11.0 Å². The van der Waals surface area contributed by atoms with Gasteiger partial charge in [-0.2, -0.15) is 0 Å². The van der Waals surface area contributed by atoms with Crippen LogP contribution in [-0.4, -0.2) is 29.3 Å². The molecule has 0 amide bonds. The molecule has 0 bridgehead atoms. The minimum atomic E-state index is 0.240. The molecule has 0 aliphatic carbocycles. The zero-order valence-corrected chi connectivity index (χ0v) is 12.5. The van der Waals surface area contributed by atoms with E-state index in [9.17, 15) is 0 Å². The normalized spacial score (nSPS) is 19.2. The van der Waals surface area contributed by atoms with Crippen LogP contribution < -0.4 is 10.6 Å². The van der Waals surface area contributed by atoms with Gasteiger partial charge in [0.15, 0.2) is 0 Å². The number of nitrogens with two attached hydrogens (primary N) is 1. The maximum Gasteiger partial charge on any atom is 0.104 e. The van der Waals surface area contributed by atoms with E-state index in [1.165, 1.54) is 6.42 Å². The molecule has 2 rings (SSSR count). The Morgan fingerprint density at radius 2 is 2.33 bits per heavy atom. The third-order valence-electron chi connectivity index (χ3n) is 3.38. The first-order valence-corrected chi connectivity index (χ1v) is 7.30. The Morgan fingerprint density at radius 1 is 1.56 bits per heavy atom. The Morgan fingerprint density at radius 3 is 2.94 bits per heavy atom. The number of anilines is 1. The Labute approximate surface area is 121 Å². The first kappa shape index (κ1) is 13.8. The zero-order chi connectivity index (χ0) is 13.1. The van der Waals surface area contributed by atoms with Gasteiger partial charge in [0.2, 0.25) is 0 Å². The monoisotopic (exact) mass is 328 g/mol. The van der Waals surface area contributed by atoms with Crippen LogP contribution in [0.5, 0.6) is 0 Å². The number of hydrogen-bond donors (Lipinski definition) is 2. The zero-order valence-electron chi connectivity index (χ0n) is 10.1. The predicted octanol–water partition coefficient (Wildman–Crippen LogP) is 2.43. The third-order valence-corrected chi connectivity index (χ3v) is 4.25. The molecule has 0 saturated carbocycles. The summed E-state index contributed by atoms with van der Waals surface area (Å²) < 4.78 is 1.01. The van der Waals surface area contributed by atoms with E-state index in [-0.39, 0.29) is 6.61 Å². The van der Waals surface area contributed by atoms with Gasteiger partial charge in [-0.15, -0.1) is 0 Å². The van der Waals surface area contributed by atoms with E-state index < -0.39 is 0 Å². The van der Waals surface area contributed by atoms with Gasteiger partial charge in [0.25, 0.3) is 0 Å². The number of benzene rings is 1. The lowest BCUT2D eigenvalue weighted by molar-refractivity contribution is 0.276. The van der Waals surface area contributed by atoms with Gasteiger partial charge in [0.1, 0.15) is 4.99 Å². The molecule has 0 spiro atoms. The van der Waals surface area contributed by atoms with Crippen LogP contribution in [0.15, 0.2) is 22.7 Å². The number of nitrogens with zero attached hydrogens (tertiary/aromatic N) is 1. The first-order valence-electron chi connectivity index (χ1n) is 6.10. The molecular weight excluding hydrogens is 312 g/mol. The highest BCUT2D eigenvalue weighted by Crippen LogP contribution is 2.33. The molecule has 1 aromatic rings. The molecule has 1 aromatic carbocycles. The lowest BCUT2D eigenvalue weighted by Crippen LogP contribution is -2.30. The maximum absolute atomic E-state index is 9.11. The number of aliphatic hydroxyl groups excluding tert-OH is 1. The van der Waals surface area contributed by atoms with Crippen LogP contribution in [0, 0.1) is 0 Å². The molecule has 1 fully saturated rings. The van der Waals surface area contributed by atoms with Crippen LogP contribution in [0.4, 0.5) is 5.69 Å². The summed E-state index contributed by atoms with van der Waals surface area (Å²) in [5, 5.41) is 9.11. The number of thiocarbonyl (C=S) groups is 1. The van der Waals surface area contributed by atoms with Gasteiger partial charge < -0.3 is 15.7 Å². The van der Waals surface area contributed by atoms with Crippen LogP contribution in [0.25, 0.3) is 0 Å². The summed E-state index contributed by atoms with van der Waals surface area (Å²) in [6, 6.07) is 6.40. The van der Waals surface area contributed by atoms with Crippen molar-refractivity contribution < 1.29 is 5.11 Å². The minimum absolute atomic E-state index is 0.240. The van der Waals surface area contributed by atoms with Crippen LogP contribution in [0.2, 0.25) is 0 Å². The molecular formula is C13H17BrN2OS. The van der Waals surface area contributed by atoms with Crippen LogP contribution in [0.1, 0.15) is 24.8 Å². The highest BCUT2D eigenvalue weighted by Gasteiger charge is 2.25. The molecule has 0 aromatic heterocycles. The van der Waals surface area contributed by atoms with Gasteiger partial charge in [-0.1, -0.05) is 12.2 Å². The summed E-state index contributed by atoms with van der Waals surface area (Å²) in [4.78, 5) is 2.76. The van der Waals surface area contributed by atoms with Gasteiger partial charge in [0, 0.05) is 29.2 Å². The SMILES string of the molecule is NC(=S)c1ccc(N2CCCC2CCO)c(Br)c1. The summed E-state index contributed by atoms with van der Waals surface area (Å²) >= 11 is 8.56. The molecule has 18 heavy (non-hydrogen) atoms. The summed E-state index contributed by atoms with van der Waals surface area (Å²) in [5.74, 6) is 0. The van der Waals surface area contributed by atoms with Crippen molar-refractivity contribution >= 4 is 38.8 Å². The summed E-state index contributed by atoms with van der Waals surface area (Å²) in [6.45, 7) is 1.28. The third kappa shape index (κ3) is 2.84. The predicted molar refractivity (Wildman–Crippen MR) is 82.1 cm³/mol. The molecule has 1 atom stereocenters. The Kier molecular flexibility index (Phi) is 4.59. The Balaban J connectivity index is 2.25. The molecule has 1 heterocycles. The van der Waals surface area contributed by atoms with E-state index in [0.717, 1.165) is 35.1 Å². The van der Waals surface area contributed by atoms with Crippen molar-refractivity contribution in [3.63, 3.8) is 0 Å². The smallest absolute Gasteiger partial charge is 0.104 e. The second-order valence-corrected chi connectivity index (χ2v) is 5.83. The van der Waals surface area contributed by atoms with Gasteiger partial charge >= 0.3 is 0 Å². The minimum Gasteiger partial charge on any atom is -0.396 e. The fourth-order valence-corrected chi connectivity index (χ4v) is 3.23. The average Bonchev–Trinajstić information content (AvgIpc) is 2.77. The van der Waals surface area contributed by atoms with Crippen LogP contribution >= 0.6 is 28.1 Å². The summed E-state index contributed by atoms with van der Waals surface area (Å²) in [6.07, 6.45) is 3.14. The van der Waals surface area contributed by atoms with E-state index in [1.54, 1.807) is 0 Å². The van der Waals surface area contributed by atoms with E-state index in [2.05, 4.69) is 20.8 Å². The number of hydrogen-bond acceptors (Lipinski definition) is 3. The second-order valence-electron chi connectivity index (χ2n) is 4.53. The highest BCUT2D eigenvalue weighted by atomic mass is 79.9. The Bertz CT molecular complexity index is 453. The number of halogens is 1. The highest BCUT2D eigenvalue weighted by molar-refractivity contribution is 9.10. The van der Waals surface area contributed by atoms with Gasteiger partial charge in [0.05, 0.1) is 5.69 Å². The first-order chi connectivity index (χ1) is 8.63. The summed E-state index contributed by atoms with van der Waals surface area (Å²) in [5.41, 5.74) is 7.66. The van der Waals surface area contributed by atoms with Gasteiger partial charge in [-0.25, -0.2) is 0 Å². The van der Waals surface area contributed by atoms with Crippen molar-refractivity contribution in [1.82, 2.24) is 0 Å². The molecule has 1 unspecified atom stereocenters. The second kappa shape index (κ2) is 5.99.